The molecule has 21 heavy (non-hydrogen) atoms. The molecule has 0 radical (unpaired) electrons. The van der Waals surface area contributed by atoms with Gasteiger partial charge in [-0.05, 0) is 30.7 Å². The zero-order valence-electron chi connectivity index (χ0n) is 11.6. The SMILES string of the molecule is CCc1c(-c2ccc(F)cn2)nn(-c2ccccc2)c1N. The number of nitrogens with zero attached hydrogens (tertiary/aromatic N) is 3. The van der Waals surface area contributed by atoms with Gasteiger partial charge in [0.05, 0.1) is 17.6 Å². The van der Waals surface area contributed by atoms with Gasteiger partial charge < -0.3 is 5.73 Å². The number of hydrogen-bond acceptors (Lipinski definition) is 3. The highest BCUT2D eigenvalue weighted by Gasteiger charge is 2.17. The number of halogens is 1. The Kier molecular flexibility index (Phi) is 3.39. The first-order valence-electron chi connectivity index (χ1n) is 6.75. The summed E-state index contributed by atoms with van der Waals surface area (Å²) in [6.07, 6.45) is 1.92. The zero-order valence-corrected chi connectivity index (χ0v) is 11.6. The molecule has 2 N–H and O–H groups in total. The smallest absolute Gasteiger partial charge is 0.141 e. The lowest BCUT2D eigenvalue weighted by Crippen LogP contribution is -2.02. The molecule has 0 saturated heterocycles. The van der Waals surface area contributed by atoms with Crippen molar-refractivity contribution in [1.82, 2.24) is 14.8 Å². The molecule has 106 valence electrons. The molecule has 0 aliphatic rings. The summed E-state index contributed by atoms with van der Waals surface area (Å²) in [5.41, 5.74) is 9.33. The number of rotatable bonds is 3. The predicted octanol–water partition coefficient (Wildman–Crippen LogP) is 3.22. The normalized spacial score (nSPS) is 10.8. The molecule has 0 bridgehead atoms. The molecular weight excluding hydrogens is 267 g/mol. The van der Waals surface area contributed by atoms with Gasteiger partial charge in [0.2, 0.25) is 0 Å². The number of aromatic nitrogens is 3. The lowest BCUT2D eigenvalue weighted by Gasteiger charge is -2.03. The van der Waals surface area contributed by atoms with Gasteiger partial charge in [-0.25, -0.2) is 9.07 Å². The van der Waals surface area contributed by atoms with Crippen molar-refractivity contribution in [1.29, 1.82) is 0 Å². The van der Waals surface area contributed by atoms with E-state index in [1.807, 2.05) is 37.3 Å². The second kappa shape index (κ2) is 5.36. The minimum absolute atomic E-state index is 0.368. The first-order chi connectivity index (χ1) is 10.2. The Hall–Kier alpha value is -2.69. The monoisotopic (exact) mass is 282 g/mol. The summed E-state index contributed by atoms with van der Waals surface area (Å²) < 4.78 is 14.7. The van der Waals surface area contributed by atoms with Crippen molar-refractivity contribution >= 4 is 5.82 Å². The fraction of sp³-hybridized carbons (Fsp3) is 0.125. The topological polar surface area (TPSA) is 56.7 Å². The molecule has 2 aromatic heterocycles. The molecule has 1 aromatic carbocycles. The molecule has 4 nitrogen and oxygen atoms in total. The maximum absolute atomic E-state index is 13.0. The number of nitrogen functional groups attached to an aromatic ring is 1. The van der Waals surface area contributed by atoms with Crippen molar-refractivity contribution in [3.05, 3.63) is 60.0 Å². The van der Waals surface area contributed by atoms with Crippen LogP contribution in [0.1, 0.15) is 12.5 Å². The van der Waals surface area contributed by atoms with Crippen LogP contribution in [0.25, 0.3) is 17.1 Å². The van der Waals surface area contributed by atoms with Gasteiger partial charge in [-0.15, -0.1) is 0 Å². The molecular formula is C16H15FN4. The highest BCUT2D eigenvalue weighted by Crippen LogP contribution is 2.28. The predicted molar refractivity (Wildman–Crippen MR) is 80.5 cm³/mol. The summed E-state index contributed by atoms with van der Waals surface area (Å²) in [5.74, 6) is 0.220. The molecule has 5 heteroatoms. The van der Waals surface area contributed by atoms with Crippen molar-refractivity contribution < 1.29 is 4.39 Å². The maximum atomic E-state index is 13.0. The van der Waals surface area contributed by atoms with E-state index in [1.54, 1.807) is 10.7 Å². The number of para-hydroxylation sites is 1. The Balaban J connectivity index is 2.16. The van der Waals surface area contributed by atoms with E-state index in [9.17, 15) is 4.39 Å². The lowest BCUT2D eigenvalue weighted by atomic mass is 10.1. The second-order valence-corrected chi connectivity index (χ2v) is 4.67. The number of hydrogen-bond donors (Lipinski definition) is 1. The molecule has 3 aromatic rings. The summed E-state index contributed by atoms with van der Waals surface area (Å²) in [5, 5.41) is 4.56. The third kappa shape index (κ3) is 2.38. The van der Waals surface area contributed by atoms with Gasteiger partial charge in [0, 0.05) is 5.56 Å². The molecule has 0 aliphatic carbocycles. The van der Waals surface area contributed by atoms with Gasteiger partial charge in [-0.3, -0.25) is 4.98 Å². The molecule has 0 amide bonds. The van der Waals surface area contributed by atoms with Crippen LogP contribution in [0.4, 0.5) is 10.2 Å². The van der Waals surface area contributed by atoms with Gasteiger partial charge in [0.25, 0.3) is 0 Å². The summed E-state index contributed by atoms with van der Waals surface area (Å²) in [7, 11) is 0. The average Bonchev–Trinajstić information content (AvgIpc) is 2.85. The standard InChI is InChI=1S/C16H15FN4/c1-2-13-15(14-9-8-11(17)10-19-14)20-21(16(13)18)12-6-4-3-5-7-12/h3-10H,2,18H2,1H3. The summed E-state index contributed by atoms with van der Waals surface area (Å²) in [4.78, 5) is 4.10. The van der Waals surface area contributed by atoms with E-state index in [0.29, 0.717) is 17.2 Å². The Labute approximate surface area is 122 Å². The Morgan fingerprint density at radius 2 is 1.90 bits per heavy atom. The fourth-order valence-corrected chi connectivity index (χ4v) is 2.30. The number of pyridine rings is 1. The summed E-state index contributed by atoms with van der Waals surface area (Å²) >= 11 is 0. The number of anilines is 1. The van der Waals surface area contributed by atoms with Crippen LogP contribution >= 0.6 is 0 Å². The first-order valence-corrected chi connectivity index (χ1v) is 6.75. The highest BCUT2D eigenvalue weighted by atomic mass is 19.1. The number of nitrogens with two attached hydrogens (primary N) is 1. The van der Waals surface area contributed by atoms with Gasteiger partial charge in [-0.2, -0.15) is 5.10 Å². The zero-order chi connectivity index (χ0) is 14.8. The Morgan fingerprint density at radius 1 is 1.14 bits per heavy atom. The van der Waals surface area contributed by atoms with E-state index in [4.69, 9.17) is 5.73 Å². The first kappa shape index (κ1) is 13.3. The molecule has 0 saturated carbocycles. The van der Waals surface area contributed by atoms with E-state index >= 15 is 0 Å². The van der Waals surface area contributed by atoms with Crippen molar-refractivity contribution in [2.24, 2.45) is 0 Å². The minimum Gasteiger partial charge on any atom is -0.383 e. The molecule has 3 rings (SSSR count). The highest BCUT2D eigenvalue weighted by molar-refractivity contribution is 5.67. The summed E-state index contributed by atoms with van der Waals surface area (Å²) in [6.45, 7) is 2.01. The minimum atomic E-state index is -0.368. The third-order valence-corrected chi connectivity index (χ3v) is 3.35. The van der Waals surface area contributed by atoms with Crippen LogP contribution in [0, 0.1) is 5.82 Å². The van der Waals surface area contributed by atoms with E-state index < -0.39 is 0 Å². The van der Waals surface area contributed by atoms with E-state index in [0.717, 1.165) is 17.7 Å². The Morgan fingerprint density at radius 3 is 2.52 bits per heavy atom. The molecule has 0 spiro atoms. The van der Waals surface area contributed by atoms with Crippen LogP contribution in [0.3, 0.4) is 0 Å². The van der Waals surface area contributed by atoms with E-state index in [-0.39, 0.29) is 5.82 Å². The molecule has 0 atom stereocenters. The second-order valence-electron chi connectivity index (χ2n) is 4.67. The van der Waals surface area contributed by atoms with Gasteiger partial charge in [0.1, 0.15) is 17.3 Å². The van der Waals surface area contributed by atoms with Crippen molar-refractivity contribution in [3.8, 4) is 17.1 Å². The average molecular weight is 282 g/mol. The quantitative estimate of drug-likeness (QED) is 0.802. The number of benzene rings is 1. The van der Waals surface area contributed by atoms with E-state index in [2.05, 4.69) is 10.1 Å². The van der Waals surface area contributed by atoms with Crippen LogP contribution in [0.5, 0.6) is 0 Å². The fourth-order valence-electron chi connectivity index (χ4n) is 2.30. The van der Waals surface area contributed by atoms with E-state index in [1.165, 1.54) is 12.3 Å². The van der Waals surface area contributed by atoms with Crippen molar-refractivity contribution in [3.63, 3.8) is 0 Å². The lowest BCUT2D eigenvalue weighted by molar-refractivity contribution is 0.621. The molecule has 0 aliphatic heterocycles. The third-order valence-electron chi connectivity index (χ3n) is 3.35. The van der Waals surface area contributed by atoms with Crippen LogP contribution in [-0.4, -0.2) is 14.8 Å². The van der Waals surface area contributed by atoms with Gasteiger partial charge >= 0.3 is 0 Å². The molecule has 2 heterocycles. The largest absolute Gasteiger partial charge is 0.383 e. The van der Waals surface area contributed by atoms with Gasteiger partial charge in [0.15, 0.2) is 0 Å². The van der Waals surface area contributed by atoms with Crippen LogP contribution in [0.15, 0.2) is 48.7 Å². The summed E-state index contributed by atoms with van der Waals surface area (Å²) in [6, 6.07) is 12.7. The maximum Gasteiger partial charge on any atom is 0.141 e. The van der Waals surface area contributed by atoms with Crippen LogP contribution in [-0.2, 0) is 6.42 Å². The van der Waals surface area contributed by atoms with Crippen molar-refractivity contribution in [2.45, 2.75) is 13.3 Å². The molecule has 0 unspecified atom stereocenters. The Bertz CT molecular complexity index is 748. The van der Waals surface area contributed by atoms with Crippen LogP contribution < -0.4 is 5.73 Å². The van der Waals surface area contributed by atoms with Crippen molar-refractivity contribution in [2.75, 3.05) is 5.73 Å². The van der Waals surface area contributed by atoms with Gasteiger partial charge in [-0.1, -0.05) is 25.1 Å². The van der Waals surface area contributed by atoms with Crippen LogP contribution in [0.2, 0.25) is 0 Å². The molecule has 0 fully saturated rings.